The SMILES string of the molecule is O=C(CCn1c(=O)[nH]c(=O)c2ccccc21)N1CCC(Oc2ccc(F)cc2F)CC1. The van der Waals surface area contributed by atoms with E-state index < -0.39 is 22.9 Å². The lowest BCUT2D eigenvalue weighted by molar-refractivity contribution is -0.133. The Balaban J connectivity index is 1.35. The van der Waals surface area contributed by atoms with E-state index in [1.54, 1.807) is 29.2 Å². The van der Waals surface area contributed by atoms with E-state index in [4.69, 9.17) is 4.74 Å². The number of ether oxygens (including phenoxy) is 1. The van der Waals surface area contributed by atoms with Gasteiger partial charge in [0.1, 0.15) is 11.9 Å². The second kappa shape index (κ2) is 8.71. The summed E-state index contributed by atoms with van der Waals surface area (Å²) in [7, 11) is 0. The number of carbonyl (C=O) groups is 1. The number of H-pyrrole nitrogens is 1. The van der Waals surface area contributed by atoms with Crippen LogP contribution in [0.1, 0.15) is 19.3 Å². The van der Waals surface area contributed by atoms with Gasteiger partial charge >= 0.3 is 5.69 Å². The molecular weight excluding hydrogens is 408 g/mol. The Hall–Kier alpha value is -3.49. The zero-order chi connectivity index (χ0) is 22.0. The highest BCUT2D eigenvalue weighted by molar-refractivity contribution is 5.79. The minimum Gasteiger partial charge on any atom is -0.487 e. The molecule has 0 spiro atoms. The fourth-order valence-electron chi connectivity index (χ4n) is 3.80. The number of aromatic nitrogens is 2. The van der Waals surface area contributed by atoms with Crippen LogP contribution in [0.5, 0.6) is 5.75 Å². The molecule has 2 heterocycles. The van der Waals surface area contributed by atoms with E-state index >= 15 is 0 Å². The fourth-order valence-corrected chi connectivity index (χ4v) is 3.80. The lowest BCUT2D eigenvalue weighted by Gasteiger charge is -2.32. The zero-order valence-electron chi connectivity index (χ0n) is 16.6. The number of amides is 1. The van der Waals surface area contributed by atoms with Crippen molar-refractivity contribution in [3.8, 4) is 5.75 Å². The van der Waals surface area contributed by atoms with Crippen molar-refractivity contribution in [2.45, 2.75) is 31.9 Å². The van der Waals surface area contributed by atoms with Crippen LogP contribution in [0, 0.1) is 11.6 Å². The average Bonchev–Trinajstić information content (AvgIpc) is 2.76. The van der Waals surface area contributed by atoms with Crippen molar-refractivity contribution >= 4 is 16.8 Å². The van der Waals surface area contributed by atoms with Crippen molar-refractivity contribution in [3.05, 3.63) is 74.9 Å². The van der Waals surface area contributed by atoms with Crippen molar-refractivity contribution in [2.75, 3.05) is 13.1 Å². The van der Waals surface area contributed by atoms with E-state index in [2.05, 4.69) is 4.98 Å². The quantitative estimate of drug-likeness (QED) is 0.675. The number of piperidine rings is 1. The average molecular weight is 429 g/mol. The van der Waals surface area contributed by atoms with Crippen LogP contribution in [0.4, 0.5) is 8.78 Å². The maximum absolute atomic E-state index is 13.8. The van der Waals surface area contributed by atoms with Gasteiger partial charge in [-0.1, -0.05) is 12.1 Å². The largest absolute Gasteiger partial charge is 0.487 e. The first-order chi connectivity index (χ1) is 14.9. The highest BCUT2D eigenvalue weighted by atomic mass is 19.1. The second-order valence-electron chi connectivity index (χ2n) is 7.45. The van der Waals surface area contributed by atoms with Gasteiger partial charge in [-0.15, -0.1) is 0 Å². The van der Waals surface area contributed by atoms with Gasteiger partial charge in [0.25, 0.3) is 5.56 Å². The number of benzene rings is 2. The van der Waals surface area contributed by atoms with Gasteiger partial charge in [0.05, 0.1) is 10.9 Å². The number of para-hydroxylation sites is 1. The normalized spacial score (nSPS) is 14.7. The van der Waals surface area contributed by atoms with Gasteiger partial charge in [-0.2, -0.15) is 0 Å². The molecule has 1 aromatic heterocycles. The van der Waals surface area contributed by atoms with Crippen LogP contribution in [0.25, 0.3) is 10.9 Å². The molecule has 31 heavy (non-hydrogen) atoms. The van der Waals surface area contributed by atoms with E-state index in [0.29, 0.717) is 36.8 Å². The molecule has 9 heteroatoms. The maximum atomic E-state index is 13.8. The van der Waals surface area contributed by atoms with Crippen LogP contribution in [-0.4, -0.2) is 39.6 Å². The number of halogens is 2. The van der Waals surface area contributed by atoms with Gasteiger partial charge in [-0.25, -0.2) is 13.6 Å². The molecule has 1 fully saturated rings. The summed E-state index contributed by atoms with van der Waals surface area (Å²) >= 11 is 0. The Morgan fingerprint density at radius 2 is 1.84 bits per heavy atom. The van der Waals surface area contributed by atoms with Crippen LogP contribution in [0.2, 0.25) is 0 Å². The number of hydrogen-bond donors (Lipinski definition) is 1. The number of rotatable bonds is 5. The summed E-state index contributed by atoms with van der Waals surface area (Å²) in [4.78, 5) is 40.8. The Morgan fingerprint density at radius 3 is 2.58 bits per heavy atom. The van der Waals surface area contributed by atoms with Crippen LogP contribution >= 0.6 is 0 Å². The van der Waals surface area contributed by atoms with E-state index in [1.165, 1.54) is 10.6 Å². The molecule has 4 rings (SSSR count). The summed E-state index contributed by atoms with van der Waals surface area (Å²) in [5, 5.41) is 0.389. The number of hydrogen-bond acceptors (Lipinski definition) is 4. The summed E-state index contributed by atoms with van der Waals surface area (Å²) in [6.07, 6.45) is 0.872. The molecule has 7 nitrogen and oxygen atoms in total. The van der Waals surface area contributed by atoms with Crippen LogP contribution < -0.4 is 16.0 Å². The van der Waals surface area contributed by atoms with E-state index in [-0.39, 0.29) is 30.7 Å². The number of fused-ring (bicyclic) bond motifs is 1. The maximum Gasteiger partial charge on any atom is 0.328 e. The number of nitrogens with zero attached hydrogens (tertiary/aromatic N) is 2. The molecule has 1 aliphatic heterocycles. The van der Waals surface area contributed by atoms with Gasteiger partial charge in [-0.05, 0) is 24.3 Å². The number of carbonyl (C=O) groups excluding carboxylic acids is 1. The molecule has 2 aromatic carbocycles. The standard InChI is InChI=1S/C22H21F2N3O4/c23-14-5-6-19(17(24)13-14)31-15-7-10-26(11-8-15)20(28)9-12-27-18-4-2-1-3-16(18)21(29)25-22(27)30/h1-6,13,15H,7-12H2,(H,25,29,30). The minimum atomic E-state index is -0.753. The fraction of sp³-hybridized carbons (Fsp3) is 0.318. The molecular formula is C22H21F2N3O4. The van der Waals surface area contributed by atoms with Crippen LogP contribution in [0.3, 0.4) is 0 Å². The number of aryl methyl sites for hydroxylation is 1. The third kappa shape index (κ3) is 4.50. The third-order valence-corrected chi connectivity index (χ3v) is 5.44. The number of aromatic amines is 1. The minimum absolute atomic E-state index is 0.00417. The molecule has 3 aromatic rings. The molecule has 1 amide bonds. The predicted molar refractivity (Wildman–Crippen MR) is 110 cm³/mol. The molecule has 0 radical (unpaired) electrons. The lowest BCUT2D eigenvalue weighted by atomic mass is 10.1. The molecule has 0 bridgehead atoms. The molecule has 162 valence electrons. The van der Waals surface area contributed by atoms with Crippen molar-refractivity contribution in [3.63, 3.8) is 0 Å². The second-order valence-corrected chi connectivity index (χ2v) is 7.45. The van der Waals surface area contributed by atoms with Gasteiger partial charge in [0.15, 0.2) is 11.6 Å². The first-order valence-corrected chi connectivity index (χ1v) is 10.0. The predicted octanol–water partition coefficient (Wildman–Crippen LogP) is 2.43. The van der Waals surface area contributed by atoms with Crippen LogP contribution in [0.15, 0.2) is 52.1 Å². The lowest BCUT2D eigenvalue weighted by Crippen LogP contribution is -2.42. The van der Waals surface area contributed by atoms with Crippen molar-refractivity contribution in [2.24, 2.45) is 0 Å². The van der Waals surface area contributed by atoms with Crippen molar-refractivity contribution in [1.82, 2.24) is 14.5 Å². The van der Waals surface area contributed by atoms with Gasteiger partial charge < -0.3 is 9.64 Å². The Kier molecular flexibility index (Phi) is 5.83. The number of nitrogens with one attached hydrogen (secondary N) is 1. The Bertz CT molecular complexity index is 1230. The summed E-state index contributed by atoms with van der Waals surface area (Å²) in [6, 6.07) is 9.91. The highest BCUT2D eigenvalue weighted by Gasteiger charge is 2.24. The van der Waals surface area contributed by atoms with Crippen molar-refractivity contribution < 1.29 is 18.3 Å². The van der Waals surface area contributed by atoms with Gasteiger partial charge in [0.2, 0.25) is 5.91 Å². The molecule has 0 atom stereocenters. The first-order valence-electron chi connectivity index (χ1n) is 10.0. The Morgan fingerprint density at radius 1 is 1.10 bits per heavy atom. The summed E-state index contributed by atoms with van der Waals surface area (Å²) < 4.78 is 33.8. The summed E-state index contributed by atoms with van der Waals surface area (Å²) in [6.45, 7) is 1.02. The Labute approximate surface area is 175 Å². The molecule has 1 aliphatic rings. The van der Waals surface area contributed by atoms with E-state index in [9.17, 15) is 23.2 Å². The molecule has 0 aliphatic carbocycles. The zero-order valence-corrected chi connectivity index (χ0v) is 16.6. The molecule has 0 unspecified atom stereocenters. The third-order valence-electron chi connectivity index (χ3n) is 5.44. The summed E-state index contributed by atoms with van der Waals surface area (Å²) in [5.74, 6) is -1.54. The van der Waals surface area contributed by atoms with Gasteiger partial charge in [0, 0.05) is 45.0 Å². The highest BCUT2D eigenvalue weighted by Crippen LogP contribution is 2.23. The molecule has 1 saturated heterocycles. The van der Waals surface area contributed by atoms with Crippen molar-refractivity contribution in [1.29, 1.82) is 0 Å². The molecule has 0 saturated carbocycles. The van der Waals surface area contributed by atoms with E-state index in [1.807, 2.05) is 0 Å². The van der Waals surface area contributed by atoms with E-state index in [0.717, 1.165) is 12.1 Å². The first kappa shape index (κ1) is 20.8. The smallest absolute Gasteiger partial charge is 0.328 e. The monoisotopic (exact) mass is 429 g/mol. The summed E-state index contributed by atoms with van der Waals surface area (Å²) in [5.41, 5.74) is -0.523. The topological polar surface area (TPSA) is 84.4 Å². The van der Waals surface area contributed by atoms with Crippen LogP contribution in [-0.2, 0) is 11.3 Å². The molecule has 1 N–H and O–H groups in total. The number of likely N-dealkylation sites (tertiary alicyclic amines) is 1. The van der Waals surface area contributed by atoms with Gasteiger partial charge in [-0.3, -0.25) is 19.1 Å².